The largest absolute Gasteiger partial charge is 0.326 e. The second-order valence-electron chi connectivity index (χ2n) is 5.64. The van der Waals surface area contributed by atoms with Gasteiger partial charge in [-0.15, -0.1) is 11.3 Å². The van der Waals surface area contributed by atoms with Crippen LogP contribution in [0.5, 0.6) is 0 Å². The highest BCUT2D eigenvalue weighted by Crippen LogP contribution is 2.32. The molecule has 0 atom stereocenters. The molecule has 5 nitrogen and oxygen atoms in total. The van der Waals surface area contributed by atoms with Crippen molar-refractivity contribution < 1.29 is 4.79 Å². The number of anilines is 3. The van der Waals surface area contributed by atoms with Gasteiger partial charge in [0, 0.05) is 28.7 Å². The van der Waals surface area contributed by atoms with Crippen molar-refractivity contribution in [2.24, 2.45) is 0 Å². The average Bonchev–Trinajstić information content (AvgIpc) is 2.97. The monoisotopic (exact) mass is 352 g/mol. The van der Waals surface area contributed by atoms with E-state index in [1.165, 1.54) is 0 Å². The van der Waals surface area contributed by atoms with Gasteiger partial charge in [0.25, 0.3) is 0 Å². The van der Waals surface area contributed by atoms with Gasteiger partial charge in [-0.3, -0.25) is 4.79 Å². The van der Waals surface area contributed by atoms with Crippen LogP contribution >= 0.6 is 11.3 Å². The lowest BCUT2D eigenvalue weighted by atomic mass is 10.1. The number of hydrogen-bond donors (Lipinski definition) is 2. The lowest BCUT2D eigenvalue weighted by Crippen LogP contribution is -2.10. The van der Waals surface area contributed by atoms with Gasteiger partial charge >= 0.3 is 0 Å². The Hall–Kier alpha value is -2.73. The summed E-state index contributed by atoms with van der Waals surface area (Å²) in [5, 5.41) is 6.93. The lowest BCUT2D eigenvalue weighted by molar-refractivity contribution is -0.116. The molecule has 0 unspecified atom stereocenters. The molecule has 2 heterocycles. The van der Waals surface area contributed by atoms with Gasteiger partial charge in [0.15, 0.2) is 5.13 Å². The van der Waals surface area contributed by atoms with Gasteiger partial charge in [-0.25, -0.2) is 9.97 Å². The van der Waals surface area contributed by atoms with Crippen molar-refractivity contribution >= 4 is 33.9 Å². The first-order valence-electron chi connectivity index (χ1n) is 8.21. The van der Waals surface area contributed by atoms with Crippen LogP contribution in [0.15, 0.2) is 48.7 Å². The number of amides is 1. The van der Waals surface area contributed by atoms with Crippen LogP contribution in [0.25, 0.3) is 11.3 Å². The van der Waals surface area contributed by atoms with E-state index in [0.29, 0.717) is 6.42 Å². The summed E-state index contributed by atoms with van der Waals surface area (Å²) in [6.45, 7) is 4.04. The number of aryl methyl sites for hydroxylation is 1. The number of thiazole rings is 1. The molecular weight excluding hydrogens is 332 g/mol. The Bertz CT molecular complexity index is 844. The van der Waals surface area contributed by atoms with Gasteiger partial charge in [-0.05, 0) is 37.6 Å². The summed E-state index contributed by atoms with van der Waals surface area (Å²) in [7, 11) is 0. The number of aromatic nitrogens is 2. The molecule has 3 aromatic rings. The predicted molar refractivity (Wildman–Crippen MR) is 103 cm³/mol. The lowest BCUT2D eigenvalue weighted by Gasteiger charge is -2.05. The summed E-state index contributed by atoms with van der Waals surface area (Å²) < 4.78 is 0. The maximum atomic E-state index is 11.7. The molecule has 0 fully saturated rings. The molecule has 3 rings (SSSR count). The maximum absolute atomic E-state index is 11.7. The van der Waals surface area contributed by atoms with Gasteiger partial charge < -0.3 is 10.6 Å². The topological polar surface area (TPSA) is 66.9 Å². The van der Waals surface area contributed by atoms with E-state index in [-0.39, 0.29) is 5.91 Å². The van der Waals surface area contributed by atoms with E-state index < -0.39 is 0 Å². The average molecular weight is 352 g/mol. The van der Waals surface area contributed by atoms with Crippen LogP contribution in [0, 0.1) is 6.92 Å². The fourth-order valence-corrected chi connectivity index (χ4v) is 3.27. The first kappa shape index (κ1) is 17.1. The second-order valence-corrected chi connectivity index (χ2v) is 6.84. The molecule has 1 aromatic carbocycles. The van der Waals surface area contributed by atoms with E-state index in [4.69, 9.17) is 0 Å². The number of rotatable bonds is 6. The minimum absolute atomic E-state index is 0.0435. The van der Waals surface area contributed by atoms with Crippen LogP contribution in [0.2, 0.25) is 0 Å². The van der Waals surface area contributed by atoms with Crippen LogP contribution < -0.4 is 10.6 Å². The number of carbonyl (C=O) groups is 1. The molecule has 2 aromatic heterocycles. The molecule has 0 saturated carbocycles. The van der Waals surface area contributed by atoms with E-state index in [1.54, 1.807) is 17.5 Å². The molecule has 6 heteroatoms. The summed E-state index contributed by atoms with van der Waals surface area (Å²) in [5.74, 6) is 0.818. The van der Waals surface area contributed by atoms with Gasteiger partial charge in [0.1, 0.15) is 5.82 Å². The van der Waals surface area contributed by atoms with Crippen molar-refractivity contribution in [1.82, 2.24) is 9.97 Å². The molecule has 0 saturated heterocycles. The van der Waals surface area contributed by atoms with Crippen molar-refractivity contribution in [2.45, 2.75) is 26.7 Å². The number of carbonyl (C=O) groups excluding carboxylic acids is 1. The van der Waals surface area contributed by atoms with Crippen molar-refractivity contribution in [2.75, 3.05) is 10.6 Å². The minimum Gasteiger partial charge on any atom is -0.326 e. The Morgan fingerprint density at radius 3 is 2.64 bits per heavy atom. The first-order valence-corrected chi connectivity index (χ1v) is 9.03. The number of nitrogens with one attached hydrogen (secondary N) is 2. The van der Waals surface area contributed by atoms with E-state index in [2.05, 4.69) is 20.6 Å². The van der Waals surface area contributed by atoms with Crippen LogP contribution in [0.1, 0.15) is 24.6 Å². The van der Waals surface area contributed by atoms with Crippen molar-refractivity contribution in [3.63, 3.8) is 0 Å². The minimum atomic E-state index is 0.0435. The zero-order chi connectivity index (χ0) is 17.6. The third-order valence-electron chi connectivity index (χ3n) is 3.62. The maximum Gasteiger partial charge on any atom is 0.224 e. The van der Waals surface area contributed by atoms with Crippen molar-refractivity contribution in [3.8, 4) is 11.3 Å². The molecule has 2 N–H and O–H groups in total. The smallest absolute Gasteiger partial charge is 0.224 e. The quantitative estimate of drug-likeness (QED) is 0.655. The van der Waals surface area contributed by atoms with Crippen LogP contribution in [-0.2, 0) is 4.79 Å². The Morgan fingerprint density at radius 2 is 1.96 bits per heavy atom. The summed E-state index contributed by atoms with van der Waals surface area (Å²) >= 11 is 1.59. The van der Waals surface area contributed by atoms with E-state index in [1.807, 2.05) is 56.3 Å². The first-order chi connectivity index (χ1) is 12.2. The molecule has 128 valence electrons. The van der Waals surface area contributed by atoms with Gasteiger partial charge in [-0.2, -0.15) is 0 Å². The fraction of sp³-hybridized carbons (Fsp3) is 0.211. The van der Waals surface area contributed by atoms with Gasteiger partial charge in [-0.1, -0.05) is 25.1 Å². The zero-order valence-corrected chi connectivity index (χ0v) is 15.1. The summed E-state index contributed by atoms with van der Waals surface area (Å²) in [6, 6.07) is 13.5. The van der Waals surface area contributed by atoms with E-state index >= 15 is 0 Å². The van der Waals surface area contributed by atoms with Crippen molar-refractivity contribution in [3.05, 3.63) is 53.5 Å². The zero-order valence-electron chi connectivity index (χ0n) is 14.2. The molecule has 0 bridgehead atoms. The molecule has 0 spiro atoms. The van der Waals surface area contributed by atoms with Crippen LogP contribution in [0.4, 0.5) is 16.6 Å². The number of benzene rings is 1. The standard InChI is InChI=1S/C19H20N4OS/c1-3-6-17(24)21-15-10-8-14(9-11-15)18-13(2)25-19(23-18)22-16-7-4-5-12-20-16/h4-5,7-12H,3,6H2,1-2H3,(H,21,24)(H,20,22,23). The van der Waals surface area contributed by atoms with Crippen LogP contribution in [0.3, 0.4) is 0 Å². The highest BCUT2D eigenvalue weighted by molar-refractivity contribution is 7.16. The Labute approximate surface area is 151 Å². The summed E-state index contributed by atoms with van der Waals surface area (Å²) in [4.78, 5) is 21.7. The molecule has 1 amide bonds. The number of hydrogen-bond acceptors (Lipinski definition) is 5. The molecular formula is C19H20N4OS. The van der Waals surface area contributed by atoms with Gasteiger partial charge in [0.05, 0.1) is 5.69 Å². The van der Waals surface area contributed by atoms with E-state index in [0.717, 1.165) is 39.2 Å². The highest BCUT2D eigenvalue weighted by atomic mass is 32.1. The van der Waals surface area contributed by atoms with Gasteiger partial charge in [0.2, 0.25) is 5.91 Å². The summed E-state index contributed by atoms with van der Waals surface area (Å²) in [5.41, 5.74) is 2.77. The Kier molecular flexibility index (Phi) is 5.40. The fourth-order valence-electron chi connectivity index (χ4n) is 2.43. The number of pyridine rings is 1. The van der Waals surface area contributed by atoms with E-state index in [9.17, 15) is 4.79 Å². The Balaban J connectivity index is 1.74. The molecule has 0 aliphatic heterocycles. The second kappa shape index (κ2) is 7.90. The molecule has 0 radical (unpaired) electrons. The summed E-state index contributed by atoms with van der Waals surface area (Å²) in [6.07, 6.45) is 3.12. The van der Waals surface area contributed by atoms with Crippen molar-refractivity contribution in [1.29, 1.82) is 0 Å². The highest BCUT2D eigenvalue weighted by Gasteiger charge is 2.11. The SMILES string of the molecule is CCCC(=O)Nc1ccc(-c2nc(Nc3ccccn3)sc2C)cc1. The normalized spacial score (nSPS) is 10.5. The predicted octanol–water partition coefficient (Wildman–Crippen LogP) is 5.00. The molecule has 0 aliphatic carbocycles. The molecule has 0 aliphatic rings. The third-order valence-corrected chi connectivity index (χ3v) is 4.50. The Morgan fingerprint density at radius 1 is 1.16 bits per heavy atom. The third kappa shape index (κ3) is 4.42. The molecule has 25 heavy (non-hydrogen) atoms. The van der Waals surface area contributed by atoms with Crippen LogP contribution in [-0.4, -0.2) is 15.9 Å². The number of nitrogens with zero attached hydrogens (tertiary/aromatic N) is 2.